The molecule has 1 N–H and O–H groups in total. The van der Waals surface area contributed by atoms with Crippen molar-refractivity contribution >= 4 is 11.8 Å². The minimum atomic E-state index is -4.76. The summed E-state index contributed by atoms with van der Waals surface area (Å²) in [4.78, 5) is 26.4. The number of likely N-dealkylation sites (tertiary alicyclic amines) is 1. The summed E-state index contributed by atoms with van der Waals surface area (Å²) in [5, 5.41) is 9.09. The Bertz CT molecular complexity index is 577. The average Bonchev–Trinajstić information content (AvgIpc) is 2.75. The Morgan fingerprint density at radius 1 is 1.30 bits per heavy atom. The molecule has 2 rings (SSSR count). The van der Waals surface area contributed by atoms with E-state index in [-0.39, 0.29) is 13.0 Å². The standard InChI is InChI=1S/C15H17F3N2O3/c1-19(9-12(21)15(16,17)18)11-7-13(22)20(14(11)23)8-10-5-3-2-4-6-10/h2-6,11-12,21H,7-9H2,1H3/t11-,12+/m0/s1. The summed E-state index contributed by atoms with van der Waals surface area (Å²) in [6.07, 6.45) is -7.50. The fraction of sp³-hybridized carbons (Fsp3) is 0.467. The molecule has 1 aromatic carbocycles. The van der Waals surface area contributed by atoms with Crippen molar-refractivity contribution in [2.45, 2.75) is 31.3 Å². The molecule has 1 aliphatic heterocycles. The molecular formula is C15H17F3N2O3. The zero-order chi connectivity index (χ0) is 17.2. The topological polar surface area (TPSA) is 60.9 Å². The summed E-state index contributed by atoms with van der Waals surface area (Å²) in [6.45, 7) is -0.670. The van der Waals surface area contributed by atoms with Crippen molar-refractivity contribution < 1.29 is 27.9 Å². The molecule has 1 saturated heterocycles. The van der Waals surface area contributed by atoms with E-state index in [1.807, 2.05) is 0 Å². The number of likely N-dealkylation sites (N-methyl/N-ethyl adjacent to an activating group) is 1. The van der Waals surface area contributed by atoms with Gasteiger partial charge in [-0.2, -0.15) is 13.2 Å². The van der Waals surface area contributed by atoms with Crippen LogP contribution in [0.1, 0.15) is 12.0 Å². The van der Waals surface area contributed by atoms with E-state index < -0.39 is 36.7 Å². The summed E-state index contributed by atoms with van der Waals surface area (Å²) in [5.41, 5.74) is 0.757. The molecule has 126 valence electrons. The number of alkyl halides is 3. The predicted octanol–water partition coefficient (Wildman–Crippen LogP) is 1.17. The van der Waals surface area contributed by atoms with Crippen molar-refractivity contribution in [2.75, 3.05) is 13.6 Å². The lowest BCUT2D eigenvalue weighted by Gasteiger charge is -2.26. The Balaban J connectivity index is 2.03. The molecule has 1 aromatic rings. The maximum absolute atomic E-state index is 12.4. The molecule has 1 heterocycles. The van der Waals surface area contributed by atoms with Crippen molar-refractivity contribution in [2.24, 2.45) is 0 Å². The lowest BCUT2D eigenvalue weighted by Crippen LogP contribution is -2.46. The van der Waals surface area contributed by atoms with Crippen LogP contribution in [0.2, 0.25) is 0 Å². The van der Waals surface area contributed by atoms with Gasteiger partial charge in [-0.3, -0.25) is 19.4 Å². The number of nitrogens with zero attached hydrogens (tertiary/aromatic N) is 2. The van der Waals surface area contributed by atoms with E-state index in [1.54, 1.807) is 30.3 Å². The minimum absolute atomic E-state index is 0.0880. The second kappa shape index (κ2) is 6.67. The highest BCUT2D eigenvalue weighted by Crippen LogP contribution is 2.24. The summed E-state index contributed by atoms with van der Waals surface area (Å²) in [5.74, 6) is -0.979. The van der Waals surface area contributed by atoms with Crippen molar-refractivity contribution in [3.63, 3.8) is 0 Å². The van der Waals surface area contributed by atoms with Crippen LogP contribution in [0, 0.1) is 0 Å². The molecule has 2 atom stereocenters. The van der Waals surface area contributed by atoms with Crippen molar-refractivity contribution in [3.8, 4) is 0 Å². The van der Waals surface area contributed by atoms with Gasteiger partial charge in [-0.15, -0.1) is 0 Å². The Morgan fingerprint density at radius 3 is 2.48 bits per heavy atom. The van der Waals surface area contributed by atoms with Crippen LogP contribution in [0.3, 0.4) is 0 Å². The molecule has 0 aliphatic carbocycles. The number of benzene rings is 1. The molecule has 0 radical (unpaired) electrons. The highest BCUT2D eigenvalue weighted by Gasteiger charge is 2.44. The van der Waals surface area contributed by atoms with Gasteiger partial charge in [0.25, 0.3) is 0 Å². The number of rotatable bonds is 5. The SMILES string of the molecule is CN(C[C@@H](O)C(F)(F)F)[C@H]1CC(=O)N(Cc2ccccc2)C1=O. The van der Waals surface area contributed by atoms with E-state index in [2.05, 4.69) is 0 Å². The van der Waals surface area contributed by atoms with Crippen LogP contribution >= 0.6 is 0 Å². The van der Waals surface area contributed by atoms with Gasteiger partial charge in [0, 0.05) is 6.54 Å². The molecule has 2 amide bonds. The quantitative estimate of drug-likeness (QED) is 0.824. The molecule has 0 unspecified atom stereocenters. The van der Waals surface area contributed by atoms with Crippen LogP contribution < -0.4 is 0 Å². The van der Waals surface area contributed by atoms with Crippen LogP contribution in [0.15, 0.2) is 30.3 Å². The molecule has 1 fully saturated rings. The lowest BCUT2D eigenvalue weighted by atomic mass is 10.2. The number of carbonyl (C=O) groups is 2. The molecule has 0 aromatic heterocycles. The van der Waals surface area contributed by atoms with E-state index in [4.69, 9.17) is 5.11 Å². The molecule has 5 nitrogen and oxygen atoms in total. The van der Waals surface area contributed by atoms with Gasteiger partial charge < -0.3 is 5.11 Å². The second-order valence-corrected chi connectivity index (χ2v) is 5.52. The van der Waals surface area contributed by atoms with Gasteiger partial charge in [-0.1, -0.05) is 30.3 Å². The Kier molecular flexibility index (Phi) is 5.06. The summed E-state index contributed by atoms with van der Waals surface area (Å²) < 4.78 is 37.2. The second-order valence-electron chi connectivity index (χ2n) is 5.52. The highest BCUT2D eigenvalue weighted by atomic mass is 19.4. The maximum Gasteiger partial charge on any atom is 0.415 e. The van der Waals surface area contributed by atoms with E-state index in [0.717, 1.165) is 15.4 Å². The van der Waals surface area contributed by atoms with Crippen LogP contribution in [0.25, 0.3) is 0 Å². The van der Waals surface area contributed by atoms with Gasteiger partial charge in [-0.05, 0) is 12.6 Å². The van der Waals surface area contributed by atoms with E-state index in [1.165, 1.54) is 7.05 Å². The third kappa shape index (κ3) is 4.08. The summed E-state index contributed by atoms with van der Waals surface area (Å²) in [7, 11) is 1.29. The lowest BCUT2D eigenvalue weighted by molar-refractivity contribution is -0.208. The number of hydrogen-bond donors (Lipinski definition) is 1. The summed E-state index contributed by atoms with van der Waals surface area (Å²) in [6, 6.07) is 7.86. The van der Waals surface area contributed by atoms with Crippen molar-refractivity contribution in [1.82, 2.24) is 9.80 Å². The highest BCUT2D eigenvalue weighted by molar-refractivity contribution is 6.05. The first-order valence-corrected chi connectivity index (χ1v) is 7.03. The molecule has 8 heteroatoms. The van der Waals surface area contributed by atoms with Crippen LogP contribution in [-0.2, 0) is 16.1 Å². The third-order valence-corrected chi connectivity index (χ3v) is 3.77. The molecule has 1 aliphatic rings. The predicted molar refractivity (Wildman–Crippen MR) is 75.1 cm³/mol. The Hall–Kier alpha value is -1.93. The normalized spacial score (nSPS) is 20.4. The maximum atomic E-state index is 12.4. The Morgan fingerprint density at radius 2 is 1.91 bits per heavy atom. The van der Waals surface area contributed by atoms with Crippen LogP contribution in [0.4, 0.5) is 13.2 Å². The van der Waals surface area contributed by atoms with Crippen molar-refractivity contribution in [3.05, 3.63) is 35.9 Å². The van der Waals surface area contributed by atoms with E-state index >= 15 is 0 Å². The molecule has 0 bridgehead atoms. The number of aliphatic hydroxyl groups excluding tert-OH is 1. The zero-order valence-corrected chi connectivity index (χ0v) is 12.5. The van der Waals surface area contributed by atoms with E-state index in [0.29, 0.717) is 0 Å². The number of carbonyl (C=O) groups excluding carboxylic acids is 2. The molecule has 0 spiro atoms. The fourth-order valence-electron chi connectivity index (χ4n) is 2.45. The zero-order valence-electron chi connectivity index (χ0n) is 12.5. The van der Waals surface area contributed by atoms with Gasteiger partial charge in [-0.25, -0.2) is 0 Å². The Labute approximate surface area is 131 Å². The van der Waals surface area contributed by atoms with E-state index in [9.17, 15) is 22.8 Å². The van der Waals surface area contributed by atoms with Crippen LogP contribution in [0.5, 0.6) is 0 Å². The fourth-order valence-corrected chi connectivity index (χ4v) is 2.45. The van der Waals surface area contributed by atoms with Crippen LogP contribution in [-0.4, -0.2) is 58.6 Å². The van der Waals surface area contributed by atoms with Gasteiger partial charge in [0.1, 0.15) is 0 Å². The monoisotopic (exact) mass is 330 g/mol. The number of amides is 2. The van der Waals surface area contributed by atoms with Gasteiger partial charge in [0.2, 0.25) is 11.8 Å². The number of aliphatic hydroxyl groups is 1. The number of imide groups is 1. The summed E-state index contributed by atoms with van der Waals surface area (Å²) >= 11 is 0. The van der Waals surface area contributed by atoms with Gasteiger partial charge >= 0.3 is 6.18 Å². The molecule has 23 heavy (non-hydrogen) atoms. The first kappa shape index (κ1) is 17.4. The largest absolute Gasteiger partial charge is 0.415 e. The molecule has 0 saturated carbocycles. The smallest absolute Gasteiger partial charge is 0.382 e. The molecular weight excluding hydrogens is 313 g/mol. The first-order chi connectivity index (χ1) is 10.7. The minimum Gasteiger partial charge on any atom is -0.382 e. The number of hydrogen-bond acceptors (Lipinski definition) is 4. The third-order valence-electron chi connectivity index (χ3n) is 3.77. The first-order valence-electron chi connectivity index (χ1n) is 7.03. The average molecular weight is 330 g/mol. The van der Waals surface area contributed by atoms with Gasteiger partial charge in [0.05, 0.1) is 19.0 Å². The number of halogens is 3. The van der Waals surface area contributed by atoms with Crippen molar-refractivity contribution in [1.29, 1.82) is 0 Å². The van der Waals surface area contributed by atoms with Gasteiger partial charge in [0.15, 0.2) is 6.10 Å².